The number of likely N-dealkylation sites (tertiary alicyclic amines) is 1. The molecule has 1 amide bonds. The summed E-state index contributed by atoms with van der Waals surface area (Å²) in [5, 5.41) is 3.77. The lowest BCUT2D eigenvalue weighted by Crippen LogP contribution is -2.43. The first-order valence-corrected chi connectivity index (χ1v) is 10.2. The van der Waals surface area contributed by atoms with Crippen molar-refractivity contribution in [3.8, 4) is 5.75 Å². The average molecular weight is 393 g/mol. The summed E-state index contributed by atoms with van der Waals surface area (Å²) in [6, 6.07) is 7.83. The molecule has 1 saturated heterocycles. The summed E-state index contributed by atoms with van der Waals surface area (Å²) in [4.78, 5) is 14.4. The Morgan fingerprint density at radius 1 is 1.37 bits per heavy atom. The lowest BCUT2D eigenvalue weighted by atomic mass is 9.98. The quantitative estimate of drug-likeness (QED) is 0.803. The molecule has 1 aliphatic rings. The SMILES string of the molecule is COc1ccc(S(=O)(=O)NCC2CCCN(C(=O)c3cc(C)on3)C2)cc1. The zero-order chi connectivity index (χ0) is 19.4. The first kappa shape index (κ1) is 19.4. The third-order valence-corrected chi connectivity index (χ3v) is 6.02. The van der Waals surface area contributed by atoms with Gasteiger partial charge in [0.25, 0.3) is 5.91 Å². The number of sulfonamides is 1. The monoisotopic (exact) mass is 393 g/mol. The summed E-state index contributed by atoms with van der Waals surface area (Å²) in [5.74, 6) is 1.04. The van der Waals surface area contributed by atoms with Crippen LogP contribution in [-0.2, 0) is 10.0 Å². The molecular weight excluding hydrogens is 370 g/mol. The Morgan fingerprint density at radius 2 is 2.11 bits per heavy atom. The van der Waals surface area contributed by atoms with Gasteiger partial charge in [0.1, 0.15) is 11.5 Å². The van der Waals surface area contributed by atoms with E-state index in [0.29, 0.717) is 24.6 Å². The normalized spacial score (nSPS) is 17.7. The van der Waals surface area contributed by atoms with Crippen LogP contribution in [0.15, 0.2) is 39.8 Å². The van der Waals surface area contributed by atoms with Crippen molar-refractivity contribution in [2.24, 2.45) is 5.92 Å². The van der Waals surface area contributed by atoms with Crippen molar-refractivity contribution in [2.45, 2.75) is 24.7 Å². The summed E-state index contributed by atoms with van der Waals surface area (Å²) in [6.45, 7) is 3.12. The van der Waals surface area contributed by atoms with Gasteiger partial charge in [-0.25, -0.2) is 13.1 Å². The first-order chi connectivity index (χ1) is 12.9. The molecule has 0 radical (unpaired) electrons. The first-order valence-electron chi connectivity index (χ1n) is 8.75. The van der Waals surface area contributed by atoms with Crippen LogP contribution in [0.4, 0.5) is 0 Å². The van der Waals surface area contributed by atoms with Gasteiger partial charge in [-0.15, -0.1) is 0 Å². The van der Waals surface area contributed by atoms with Crippen LogP contribution in [0, 0.1) is 12.8 Å². The van der Waals surface area contributed by atoms with E-state index < -0.39 is 10.0 Å². The van der Waals surface area contributed by atoms with Crippen LogP contribution in [0.5, 0.6) is 5.75 Å². The maximum atomic E-state index is 12.5. The van der Waals surface area contributed by atoms with Crippen LogP contribution in [0.1, 0.15) is 29.1 Å². The minimum absolute atomic E-state index is 0.0451. The number of hydrogen-bond acceptors (Lipinski definition) is 6. The predicted molar refractivity (Wildman–Crippen MR) is 98.1 cm³/mol. The summed E-state index contributed by atoms with van der Waals surface area (Å²) in [5.41, 5.74) is 0.284. The van der Waals surface area contributed by atoms with E-state index >= 15 is 0 Å². The van der Waals surface area contributed by atoms with Crippen molar-refractivity contribution in [3.05, 3.63) is 41.8 Å². The molecule has 0 spiro atoms. The molecule has 1 fully saturated rings. The molecule has 1 atom stereocenters. The van der Waals surface area contributed by atoms with Crippen LogP contribution in [0.2, 0.25) is 0 Å². The van der Waals surface area contributed by atoms with Gasteiger partial charge in [-0.2, -0.15) is 0 Å². The number of nitrogens with zero attached hydrogens (tertiary/aromatic N) is 2. The summed E-state index contributed by atoms with van der Waals surface area (Å²) in [6.07, 6.45) is 1.67. The van der Waals surface area contributed by atoms with Crippen molar-refractivity contribution in [1.82, 2.24) is 14.8 Å². The average Bonchev–Trinajstić information content (AvgIpc) is 3.12. The largest absolute Gasteiger partial charge is 0.497 e. The third kappa shape index (κ3) is 4.67. The van der Waals surface area contributed by atoms with Gasteiger partial charge in [-0.1, -0.05) is 5.16 Å². The molecule has 1 unspecified atom stereocenters. The molecule has 8 nitrogen and oxygen atoms in total. The number of aryl methyl sites for hydroxylation is 1. The number of carbonyl (C=O) groups excluding carboxylic acids is 1. The van der Waals surface area contributed by atoms with Gasteiger partial charge in [0.2, 0.25) is 10.0 Å². The number of carbonyl (C=O) groups is 1. The van der Waals surface area contributed by atoms with E-state index in [1.54, 1.807) is 30.0 Å². The van der Waals surface area contributed by atoms with Gasteiger partial charge < -0.3 is 14.2 Å². The molecule has 2 aromatic rings. The molecule has 0 aliphatic carbocycles. The molecule has 0 bridgehead atoms. The fourth-order valence-electron chi connectivity index (χ4n) is 3.11. The van der Waals surface area contributed by atoms with E-state index in [1.165, 1.54) is 19.2 Å². The highest BCUT2D eigenvalue weighted by atomic mass is 32.2. The van der Waals surface area contributed by atoms with Crippen molar-refractivity contribution in [1.29, 1.82) is 0 Å². The Morgan fingerprint density at radius 3 is 2.74 bits per heavy atom. The number of nitrogens with one attached hydrogen (secondary N) is 1. The zero-order valence-electron chi connectivity index (χ0n) is 15.3. The van der Waals surface area contributed by atoms with E-state index in [9.17, 15) is 13.2 Å². The van der Waals surface area contributed by atoms with E-state index in [2.05, 4.69) is 9.88 Å². The molecular formula is C18H23N3O5S. The van der Waals surface area contributed by atoms with E-state index in [1.807, 2.05) is 0 Å². The maximum absolute atomic E-state index is 12.5. The van der Waals surface area contributed by atoms with Crippen molar-refractivity contribution < 1.29 is 22.5 Å². The second-order valence-electron chi connectivity index (χ2n) is 6.61. The highest BCUT2D eigenvalue weighted by molar-refractivity contribution is 7.89. The number of benzene rings is 1. The Hall–Kier alpha value is -2.39. The standard InChI is InChI=1S/C18H23N3O5S/c1-13-10-17(20-26-13)18(22)21-9-3-4-14(12-21)11-19-27(23,24)16-7-5-15(25-2)6-8-16/h5-8,10,14,19H,3-4,9,11-12H2,1-2H3. The van der Waals surface area contributed by atoms with Crippen LogP contribution >= 0.6 is 0 Å². The number of aromatic nitrogens is 1. The van der Waals surface area contributed by atoms with Gasteiger partial charge in [-0.05, 0) is 49.9 Å². The summed E-state index contributed by atoms with van der Waals surface area (Å²) in [7, 11) is -2.08. The minimum atomic E-state index is -3.61. The van der Waals surface area contributed by atoms with E-state index in [0.717, 1.165) is 12.8 Å². The summed E-state index contributed by atoms with van der Waals surface area (Å²) < 4.78 is 37.6. The highest BCUT2D eigenvalue weighted by Crippen LogP contribution is 2.20. The van der Waals surface area contributed by atoms with Crippen LogP contribution in [0.3, 0.4) is 0 Å². The van der Waals surface area contributed by atoms with Gasteiger partial charge in [0.15, 0.2) is 5.69 Å². The van der Waals surface area contributed by atoms with Gasteiger partial charge in [0, 0.05) is 25.7 Å². The summed E-state index contributed by atoms with van der Waals surface area (Å²) >= 11 is 0. The molecule has 1 aliphatic heterocycles. The Labute approximate surface area is 158 Å². The number of methoxy groups -OCH3 is 1. The molecule has 1 N–H and O–H groups in total. The third-order valence-electron chi connectivity index (χ3n) is 4.59. The molecule has 2 heterocycles. The topological polar surface area (TPSA) is 102 Å². The van der Waals surface area contributed by atoms with Crippen LogP contribution < -0.4 is 9.46 Å². The molecule has 146 valence electrons. The number of amides is 1. The second-order valence-corrected chi connectivity index (χ2v) is 8.38. The van der Waals surface area contributed by atoms with Gasteiger partial charge in [0.05, 0.1) is 12.0 Å². The minimum Gasteiger partial charge on any atom is -0.497 e. The molecule has 27 heavy (non-hydrogen) atoms. The Kier molecular flexibility index (Phi) is 5.81. The second kappa shape index (κ2) is 8.10. The van der Waals surface area contributed by atoms with E-state index in [4.69, 9.17) is 9.26 Å². The van der Waals surface area contributed by atoms with Gasteiger partial charge >= 0.3 is 0 Å². The molecule has 1 aromatic carbocycles. The van der Waals surface area contributed by atoms with Crippen molar-refractivity contribution in [3.63, 3.8) is 0 Å². The smallest absolute Gasteiger partial charge is 0.276 e. The number of hydrogen-bond donors (Lipinski definition) is 1. The maximum Gasteiger partial charge on any atom is 0.276 e. The lowest BCUT2D eigenvalue weighted by Gasteiger charge is -2.32. The van der Waals surface area contributed by atoms with Gasteiger partial charge in [-0.3, -0.25) is 4.79 Å². The molecule has 3 rings (SSSR count). The fraction of sp³-hybridized carbons (Fsp3) is 0.444. The van der Waals surface area contributed by atoms with Crippen molar-refractivity contribution in [2.75, 3.05) is 26.7 Å². The number of ether oxygens (including phenoxy) is 1. The molecule has 1 aromatic heterocycles. The molecule has 9 heteroatoms. The van der Waals surface area contributed by atoms with Crippen LogP contribution in [0.25, 0.3) is 0 Å². The highest BCUT2D eigenvalue weighted by Gasteiger charge is 2.27. The number of piperidine rings is 1. The predicted octanol–water partition coefficient (Wildman–Crippen LogP) is 1.82. The number of rotatable bonds is 6. The zero-order valence-corrected chi connectivity index (χ0v) is 16.2. The lowest BCUT2D eigenvalue weighted by molar-refractivity contribution is 0.0666. The van der Waals surface area contributed by atoms with Crippen molar-refractivity contribution >= 4 is 15.9 Å². The molecule has 0 saturated carbocycles. The Bertz CT molecular complexity index is 892. The van der Waals surface area contributed by atoms with Crippen LogP contribution in [-0.4, -0.2) is 51.1 Å². The van der Waals surface area contributed by atoms with E-state index in [-0.39, 0.29) is 29.0 Å². The Balaban J connectivity index is 1.59. The fourth-order valence-corrected chi connectivity index (χ4v) is 4.23.